The molecule has 0 amide bonds. The van der Waals surface area contributed by atoms with Crippen molar-refractivity contribution in [2.45, 2.75) is 79.1 Å². The molecule has 8 rings (SSSR count). The molecule has 0 radical (unpaired) electrons. The van der Waals surface area contributed by atoms with E-state index in [0.29, 0.717) is 38.9 Å². The first-order valence-electron chi connectivity index (χ1n) is 28.6. The predicted octanol–water partition coefficient (Wildman–Crippen LogP) is 6.38. The van der Waals surface area contributed by atoms with Gasteiger partial charge in [-0.15, -0.1) is 0 Å². The zero-order valence-electron chi connectivity index (χ0n) is 52.1. The van der Waals surface area contributed by atoms with Gasteiger partial charge in [-0.2, -0.15) is 0 Å². The Bertz CT molecular complexity index is 3830. The van der Waals surface area contributed by atoms with Gasteiger partial charge in [-0.25, -0.2) is 32.5 Å². The van der Waals surface area contributed by atoms with E-state index < -0.39 is 83.1 Å². The van der Waals surface area contributed by atoms with E-state index in [1.54, 1.807) is 58.0 Å². The molecule has 0 atom stereocenters. The molecule has 8 aromatic rings. The van der Waals surface area contributed by atoms with Crippen molar-refractivity contribution >= 4 is 59.6 Å². The van der Waals surface area contributed by atoms with Crippen molar-refractivity contribution in [2.75, 3.05) is 19.8 Å². The number of esters is 3. The summed E-state index contributed by atoms with van der Waals surface area (Å²) in [5, 5.41) is 66.8. The molecule has 0 saturated heterocycles. The number of hydrogen-bond acceptors (Lipinski definition) is 21. The van der Waals surface area contributed by atoms with E-state index in [1.165, 1.54) is 110 Å². The van der Waals surface area contributed by atoms with Gasteiger partial charge in [-0.1, -0.05) is 60.3 Å². The first-order chi connectivity index (χ1) is 44.7. The Morgan fingerprint density at radius 3 is 1.00 bits per heavy atom. The number of aryl methyl sites for hydroxylation is 1. The number of benzene rings is 4. The molecular formula is C67H64BF4N4NaO18. The second-order valence-electron chi connectivity index (χ2n) is 19.6. The van der Waals surface area contributed by atoms with Crippen LogP contribution in [0.15, 0.2) is 146 Å². The number of rotatable bonds is 23. The molecule has 22 nitrogen and oxygen atoms in total. The molecule has 0 saturated carbocycles. The summed E-state index contributed by atoms with van der Waals surface area (Å²) in [7, 11) is -1.59. The van der Waals surface area contributed by atoms with Gasteiger partial charge in [-0.3, -0.25) is 43.3 Å². The largest absolute Gasteiger partial charge is 1.00 e. The molecule has 0 aliphatic heterocycles. The van der Waals surface area contributed by atoms with E-state index in [2.05, 4.69) is 24.7 Å². The van der Waals surface area contributed by atoms with E-state index in [9.17, 15) is 76.3 Å². The molecule has 6 N–H and O–H groups in total. The van der Waals surface area contributed by atoms with Gasteiger partial charge in [0.2, 0.25) is 0 Å². The summed E-state index contributed by atoms with van der Waals surface area (Å²) in [4.78, 5) is 107. The number of carboxylic acids is 1. The third-order valence-electron chi connectivity index (χ3n) is 12.4. The summed E-state index contributed by atoms with van der Waals surface area (Å²) in [6, 6.07) is 27.9. The number of aliphatic carboxylic acids is 1. The second kappa shape index (κ2) is 40.8. The molecule has 492 valence electrons. The van der Waals surface area contributed by atoms with Gasteiger partial charge in [0.15, 0.2) is 23.1 Å². The topological polar surface area (TPSA) is 360 Å². The average Bonchev–Trinajstić information content (AvgIpc) is 0.897. The zero-order chi connectivity index (χ0) is 69.4. The van der Waals surface area contributed by atoms with Crippen LogP contribution in [0.1, 0.15) is 120 Å². The van der Waals surface area contributed by atoms with Crippen LogP contribution in [0.3, 0.4) is 0 Å². The number of ketones is 4. The molecule has 4 aromatic heterocycles. The van der Waals surface area contributed by atoms with Crippen LogP contribution in [0.2, 0.25) is 0 Å². The number of aromatic hydroxyl groups is 3. The number of aromatic nitrogens is 4. The molecule has 0 aliphatic rings. The molecule has 4 aromatic carbocycles. The summed E-state index contributed by atoms with van der Waals surface area (Å²) < 4.78 is 66.0. The quantitative estimate of drug-likeness (QED) is 0.0133. The third-order valence-corrected chi connectivity index (χ3v) is 12.4. The van der Waals surface area contributed by atoms with Crippen molar-refractivity contribution in [2.24, 2.45) is 0 Å². The van der Waals surface area contributed by atoms with Gasteiger partial charge in [0.25, 0.3) is 0 Å². The van der Waals surface area contributed by atoms with Gasteiger partial charge < -0.3 is 49.8 Å². The van der Waals surface area contributed by atoms with Crippen LogP contribution in [0.25, 0.3) is 33.4 Å². The number of carbonyl (C=O) groups is 8. The van der Waals surface area contributed by atoms with Gasteiger partial charge >= 0.3 is 60.6 Å². The standard InChI is InChI=1S/2C17H16FNO4.C15H12FNO4.C12H15NO4.C6H6BFO2.Na/c2*1-2-23-16(22)7-6-14(20)17-15(21)9-12(10-19-17)11-4-3-5-13(18)8-11;16-11-3-1-2-9(6-11)10-7-13(19)15(17-8-10)12(18)4-5-14(20)21;1-3-17-11(16)5-4-9(14)12-10(15)6-8(2)7-13-12;8-6-3-1-2-5(4-6)7(9)10;/h2*3-5,8-10,21H,2,6-7H2,1H3;1-3,6-8,19H,4-5H2,(H,20,21);6-7,15H,3-5H2,1-2H3;1-4,9-10H;/q;;;;;+1/p-1. The number of ether oxygens (including phenoxy) is 3. The van der Waals surface area contributed by atoms with Crippen LogP contribution in [-0.4, -0.2) is 124 Å². The molecule has 28 heteroatoms. The Labute approximate surface area is 564 Å². The van der Waals surface area contributed by atoms with E-state index in [-0.39, 0.29) is 146 Å². The molecule has 95 heavy (non-hydrogen) atoms. The molecule has 0 bridgehead atoms. The van der Waals surface area contributed by atoms with Crippen molar-refractivity contribution in [3.63, 3.8) is 0 Å². The van der Waals surface area contributed by atoms with Crippen molar-refractivity contribution < 1.29 is 135 Å². The minimum absolute atomic E-state index is 0. The van der Waals surface area contributed by atoms with Crippen LogP contribution in [0.4, 0.5) is 17.6 Å². The maximum atomic E-state index is 13.2. The molecule has 0 spiro atoms. The fraction of sp³-hybridized carbons (Fsp3) is 0.224. The Kier molecular flexibility index (Phi) is 34.0. The fourth-order valence-corrected chi connectivity index (χ4v) is 7.94. The maximum Gasteiger partial charge on any atom is 1.00 e. The Morgan fingerprint density at radius 2 is 0.726 bits per heavy atom. The van der Waals surface area contributed by atoms with E-state index in [0.717, 1.165) is 6.07 Å². The van der Waals surface area contributed by atoms with Crippen molar-refractivity contribution in [3.05, 3.63) is 198 Å². The summed E-state index contributed by atoms with van der Waals surface area (Å²) >= 11 is 0. The van der Waals surface area contributed by atoms with Crippen LogP contribution < -0.4 is 40.1 Å². The first-order valence-corrected chi connectivity index (χ1v) is 28.6. The maximum absolute atomic E-state index is 13.2. The number of Topliss-reactive ketones (excluding diaryl/α,β-unsaturated/α-hetero) is 4. The minimum atomic E-state index is -1.59. The molecule has 0 aliphatic carbocycles. The van der Waals surface area contributed by atoms with Gasteiger partial charge in [0.05, 0.1) is 51.2 Å². The summed E-state index contributed by atoms with van der Waals surface area (Å²) in [5.41, 5.74) is 3.38. The number of carboxylic acid groups (broad SMARTS) is 1. The number of hydrogen-bond donors (Lipinski definition) is 6. The molecule has 0 fully saturated rings. The van der Waals surface area contributed by atoms with Crippen molar-refractivity contribution in [1.82, 2.24) is 19.9 Å². The molecule has 0 unspecified atom stereocenters. The number of carbonyl (C=O) groups excluding carboxylic acids is 7. The zero-order valence-corrected chi connectivity index (χ0v) is 54.1. The number of nitrogens with zero attached hydrogens (tertiary/aromatic N) is 4. The van der Waals surface area contributed by atoms with Crippen molar-refractivity contribution in [3.8, 4) is 56.4 Å². The van der Waals surface area contributed by atoms with E-state index in [4.69, 9.17) is 24.6 Å². The predicted molar refractivity (Wildman–Crippen MR) is 330 cm³/mol. The fourth-order valence-electron chi connectivity index (χ4n) is 7.94. The van der Waals surface area contributed by atoms with Gasteiger partial charge in [0, 0.05) is 67.2 Å². The van der Waals surface area contributed by atoms with Gasteiger partial charge in [-0.05, 0) is 122 Å². The average molecular weight is 1320 g/mol. The van der Waals surface area contributed by atoms with E-state index >= 15 is 0 Å². The molecular weight excluding hydrogens is 1260 g/mol. The minimum Gasteiger partial charge on any atom is -0.871 e. The summed E-state index contributed by atoms with van der Waals surface area (Å²) in [5.74, 6) is -7.46. The monoisotopic (exact) mass is 1320 g/mol. The Morgan fingerprint density at radius 1 is 0.421 bits per heavy atom. The Balaban J connectivity index is 0.000000315. The van der Waals surface area contributed by atoms with Crippen LogP contribution in [-0.2, 0) is 33.4 Å². The van der Waals surface area contributed by atoms with Crippen LogP contribution in [0, 0.1) is 30.2 Å². The summed E-state index contributed by atoms with van der Waals surface area (Å²) in [6.07, 6.45) is 4.57. The number of pyridine rings is 4. The molecule has 4 heterocycles. The van der Waals surface area contributed by atoms with Crippen molar-refractivity contribution in [1.29, 1.82) is 0 Å². The SMILES string of the molecule is CCOC(=O)CCC(=O)c1ncc(-c2cccc(F)c2)cc1O.CCOC(=O)CCC(=O)c1ncc(-c2cccc(F)c2)cc1O.CCOC(=O)CCC(=O)c1ncc(C)cc1[O-].O=C(O)CCC(=O)c1ncc(-c2cccc(F)c2)cc1O.OB(O)c1cccc(F)c1.[Na+]. The van der Waals surface area contributed by atoms with E-state index in [1.807, 2.05) is 0 Å². The first kappa shape index (κ1) is 79.2. The smallest absolute Gasteiger partial charge is 0.871 e. The summed E-state index contributed by atoms with van der Waals surface area (Å²) in [6.45, 7) is 7.55. The van der Waals surface area contributed by atoms with Gasteiger partial charge in [0.1, 0.15) is 57.6 Å². The third kappa shape index (κ3) is 27.6. The number of halogens is 4. The second-order valence-corrected chi connectivity index (χ2v) is 19.6. The Hall–Kier alpha value is -10.1. The normalized spacial score (nSPS) is 10.1. The van der Waals surface area contributed by atoms with Crippen LogP contribution in [0.5, 0.6) is 23.0 Å². The van der Waals surface area contributed by atoms with Crippen LogP contribution >= 0.6 is 0 Å².